The van der Waals surface area contributed by atoms with Gasteiger partial charge in [-0.3, -0.25) is 5.43 Å². The second-order valence-electron chi connectivity index (χ2n) is 5.80. The summed E-state index contributed by atoms with van der Waals surface area (Å²) in [6, 6.07) is 7.53. The van der Waals surface area contributed by atoms with Crippen molar-refractivity contribution >= 4 is 17.9 Å². The molecule has 0 saturated carbocycles. The van der Waals surface area contributed by atoms with E-state index in [0.29, 0.717) is 16.9 Å². The predicted octanol–water partition coefficient (Wildman–Crippen LogP) is 5.09. The van der Waals surface area contributed by atoms with E-state index < -0.39 is 40.7 Å². The topological polar surface area (TPSA) is 74.8 Å². The maximum absolute atomic E-state index is 13.6. The molecule has 0 aliphatic carbocycles. The molecule has 0 fully saturated rings. The fourth-order valence-electron chi connectivity index (χ4n) is 2.56. The largest absolute Gasteiger partial charge is 0.478 e. The quantitative estimate of drug-likeness (QED) is 0.202. The van der Waals surface area contributed by atoms with Crippen LogP contribution in [0.5, 0.6) is 0 Å². The molecule has 0 bridgehead atoms. The Balaban J connectivity index is 1.85. The molecule has 5 nitrogen and oxygen atoms in total. The van der Waals surface area contributed by atoms with Crippen LogP contribution in [0.25, 0.3) is 11.3 Å². The molecule has 3 aromatic rings. The van der Waals surface area contributed by atoms with Crippen molar-refractivity contribution < 1.29 is 36.3 Å². The summed E-state index contributed by atoms with van der Waals surface area (Å²) in [6.45, 7) is 1.60. The van der Waals surface area contributed by atoms with Gasteiger partial charge in [-0.25, -0.2) is 26.7 Å². The molecule has 2 N–H and O–H groups in total. The van der Waals surface area contributed by atoms with Gasteiger partial charge in [-0.15, -0.1) is 0 Å². The molecule has 0 aliphatic heterocycles. The molecule has 1 aromatic heterocycles. The fraction of sp³-hybridized carbons (Fsp3) is 0.0526. The number of anilines is 1. The van der Waals surface area contributed by atoms with Crippen LogP contribution >= 0.6 is 0 Å². The Hall–Kier alpha value is -3.69. The van der Waals surface area contributed by atoms with Gasteiger partial charge in [0.05, 0.1) is 11.8 Å². The van der Waals surface area contributed by atoms with E-state index in [0.717, 1.165) is 6.21 Å². The average molecular weight is 410 g/mol. The summed E-state index contributed by atoms with van der Waals surface area (Å²) in [7, 11) is 0. The van der Waals surface area contributed by atoms with Gasteiger partial charge in [0.25, 0.3) is 0 Å². The third-order valence-corrected chi connectivity index (χ3v) is 4.03. The lowest BCUT2D eigenvalue weighted by Gasteiger charge is -2.06. The third kappa shape index (κ3) is 3.68. The zero-order valence-corrected chi connectivity index (χ0v) is 14.6. The van der Waals surface area contributed by atoms with E-state index in [1.807, 2.05) is 0 Å². The van der Waals surface area contributed by atoms with Gasteiger partial charge in [0.1, 0.15) is 17.2 Å². The monoisotopic (exact) mass is 410 g/mol. The zero-order valence-electron chi connectivity index (χ0n) is 14.6. The number of hydrogen-bond donors (Lipinski definition) is 2. The highest BCUT2D eigenvalue weighted by Crippen LogP contribution is 2.28. The molecule has 0 aliphatic rings. The smallest absolute Gasteiger partial charge is 0.335 e. The van der Waals surface area contributed by atoms with Crippen LogP contribution in [0, 0.1) is 36.0 Å². The Morgan fingerprint density at radius 1 is 1.00 bits per heavy atom. The van der Waals surface area contributed by atoms with Crippen molar-refractivity contribution in [2.75, 3.05) is 5.43 Å². The molecule has 2 aromatic carbocycles. The molecule has 29 heavy (non-hydrogen) atoms. The summed E-state index contributed by atoms with van der Waals surface area (Å²) in [6.07, 6.45) is 0.956. The molecule has 10 heteroatoms. The first kappa shape index (κ1) is 20.1. The molecule has 0 saturated heterocycles. The molecule has 0 unspecified atom stereocenters. The molecule has 0 atom stereocenters. The summed E-state index contributed by atoms with van der Waals surface area (Å²) < 4.78 is 71.9. The summed E-state index contributed by atoms with van der Waals surface area (Å²) in [5, 5.41) is 12.6. The molecule has 150 valence electrons. The lowest BCUT2D eigenvalue weighted by molar-refractivity contribution is 0.0696. The van der Waals surface area contributed by atoms with Crippen LogP contribution < -0.4 is 5.43 Å². The Labute approximate surface area is 160 Å². The lowest BCUT2D eigenvalue weighted by Crippen LogP contribution is -2.06. The maximum Gasteiger partial charge on any atom is 0.335 e. The van der Waals surface area contributed by atoms with Crippen LogP contribution in [0.3, 0.4) is 0 Å². The predicted molar refractivity (Wildman–Crippen MR) is 93.3 cm³/mol. The van der Waals surface area contributed by atoms with Crippen LogP contribution in [0.15, 0.2) is 39.9 Å². The summed E-state index contributed by atoms with van der Waals surface area (Å²) in [5.74, 6) is -11.3. The van der Waals surface area contributed by atoms with Crippen molar-refractivity contribution in [1.29, 1.82) is 0 Å². The van der Waals surface area contributed by atoms with Gasteiger partial charge in [-0.1, -0.05) is 12.1 Å². The van der Waals surface area contributed by atoms with E-state index in [2.05, 4.69) is 5.10 Å². The Bertz CT molecular complexity index is 1110. The Morgan fingerprint density at radius 3 is 2.24 bits per heavy atom. The van der Waals surface area contributed by atoms with Crippen LogP contribution in [0.4, 0.5) is 27.6 Å². The number of furan rings is 1. The highest BCUT2D eigenvalue weighted by atomic mass is 19.2. The Kier molecular flexibility index (Phi) is 5.35. The highest BCUT2D eigenvalue weighted by molar-refractivity contribution is 5.91. The second-order valence-corrected chi connectivity index (χ2v) is 5.80. The van der Waals surface area contributed by atoms with E-state index in [9.17, 15) is 26.7 Å². The first-order valence-electron chi connectivity index (χ1n) is 7.96. The molecule has 3 rings (SSSR count). The molecule has 1 heterocycles. The number of carboxylic acid groups (broad SMARTS) is 1. The van der Waals surface area contributed by atoms with Gasteiger partial charge >= 0.3 is 5.97 Å². The van der Waals surface area contributed by atoms with Crippen molar-refractivity contribution in [2.45, 2.75) is 6.92 Å². The third-order valence-electron chi connectivity index (χ3n) is 4.03. The van der Waals surface area contributed by atoms with Crippen LogP contribution in [0.1, 0.15) is 21.7 Å². The normalized spacial score (nSPS) is 11.2. The van der Waals surface area contributed by atoms with Crippen molar-refractivity contribution in [3.05, 3.63) is 76.3 Å². The number of nitrogens with zero attached hydrogens (tertiary/aromatic N) is 1. The number of hydrogen-bond acceptors (Lipinski definition) is 4. The number of benzene rings is 2. The van der Waals surface area contributed by atoms with Crippen molar-refractivity contribution in [3.63, 3.8) is 0 Å². The number of rotatable bonds is 5. The number of hydrazone groups is 1. The van der Waals surface area contributed by atoms with Crippen LogP contribution in [-0.4, -0.2) is 17.3 Å². The van der Waals surface area contributed by atoms with E-state index in [-0.39, 0.29) is 11.3 Å². The summed E-state index contributed by atoms with van der Waals surface area (Å²) >= 11 is 0. The molecule has 0 radical (unpaired) electrons. The van der Waals surface area contributed by atoms with E-state index >= 15 is 0 Å². The number of aromatic carboxylic acids is 1. The molecular weight excluding hydrogens is 399 g/mol. The first-order valence-corrected chi connectivity index (χ1v) is 7.96. The first-order chi connectivity index (χ1) is 13.7. The molecule has 0 spiro atoms. The number of carboxylic acids is 1. The zero-order chi connectivity index (χ0) is 21.3. The SMILES string of the molecule is Cc1c(C(=O)O)cccc1-c1ccc(/C=N\Nc2c(F)c(F)c(F)c(F)c2F)o1. The summed E-state index contributed by atoms with van der Waals surface area (Å²) in [4.78, 5) is 11.2. The molecular formula is C19H11F5N2O3. The van der Waals surface area contributed by atoms with Gasteiger partial charge < -0.3 is 9.52 Å². The number of nitrogens with one attached hydrogen (secondary N) is 1. The van der Waals surface area contributed by atoms with Gasteiger partial charge in [-0.2, -0.15) is 5.10 Å². The second kappa shape index (κ2) is 7.74. The lowest BCUT2D eigenvalue weighted by atomic mass is 10.0. The van der Waals surface area contributed by atoms with Crippen molar-refractivity contribution in [3.8, 4) is 11.3 Å². The maximum atomic E-state index is 13.6. The van der Waals surface area contributed by atoms with Gasteiger partial charge in [0.2, 0.25) is 5.82 Å². The van der Waals surface area contributed by atoms with Gasteiger partial charge in [-0.05, 0) is 30.7 Å². The van der Waals surface area contributed by atoms with E-state index in [4.69, 9.17) is 9.52 Å². The minimum Gasteiger partial charge on any atom is -0.478 e. The van der Waals surface area contributed by atoms with Crippen LogP contribution in [-0.2, 0) is 0 Å². The summed E-state index contributed by atoms with van der Waals surface area (Å²) in [5.41, 5.74) is 1.49. The van der Waals surface area contributed by atoms with Gasteiger partial charge in [0, 0.05) is 5.56 Å². The minimum absolute atomic E-state index is 0.0801. The highest BCUT2D eigenvalue weighted by Gasteiger charge is 2.25. The number of halogens is 5. The fourth-order valence-corrected chi connectivity index (χ4v) is 2.56. The van der Waals surface area contributed by atoms with E-state index in [1.165, 1.54) is 24.3 Å². The molecule has 0 amide bonds. The number of carbonyl (C=O) groups is 1. The van der Waals surface area contributed by atoms with Crippen LogP contribution in [0.2, 0.25) is 0 Å². The van der Waals surface area contributed by atoms with Gasteiger partial charge in [0.15, 0.2) is 23.3 Å². The average Bonchev–Trinajstić information content (AvgIpc) is 3.16. The Morgan fingerprint density at radius 2 is 1.62 bits per heavy atom. The minimum atomic E-state index is -2.27. The van der Waals surface area contributed by atoms with Crippen molar-refractivity contribution in [2.24, 2.45) is 5.10 Å². The van der Waals surface area contributed by atoms with Crippen molar-refractivity contribution in [1.82, 2.24) is 0 Å². The standard InChI is InChI=1S/C19H11F5N2O3/c1-8-10(3-2-4-11(8)19(27)28)12-6-5-9(29-12)7-25-26-18-16(23)14(21)13(20)15(22)17(18)24/h2-7,26H,1H3,(H,27,28)/b25-7-. The van der Waals surface area contributed by atoms with E-state index in [1.54, 1.807) is 18.4 Å².